The minimum absolute atomic E-state index is 0. The summed E-state index contributed by atoms with van der Waals surface area (Å²) in [5.74, 6) is 0.104. The molecule has 2 heterocycles. The first-order valence-corrected chi connectivity index (χ1v) is 10.2. The summed E-state index contributed by atoms with van der Waals surface area (Å²) in [6, 6.07) is 2.37. The molecule has 10 heteroatoms. The van der Waals surface area contributed by atoms with Gasteiger partial charge in [-0.05, 0) is 61.2 Å². The van der Waals surface area contributed by atoms with Gasteiger partial charge >= 0.3 is 5.88 Å². The van der Waals surface area contributed by atoms with E-state index in [2.05, 4.69) is 16.3 Å². The van der Waals surface area contributed by atoms with Crippen LogP contribution in [0.5, 0.6) is 0 Å². The topological polar surface area (TPSA) is 115 Å². The van der Waals surface area contributed by atoms with Crippen LogP contribution in [0.25, 0.3) is 0 Å². The minimum atomic E-state index is -0.290. The highest BCUT2D eigenvalue weighted by molar-refractivity contribution is 8.01. The van der Waals surface area contributed by atoms with Gasteiger partial charge in [-0.15, -0.1) is 11.8 Å². The van der Waals surface area contributed by atoms with Crippen molar-refractivity contribution in [1.82, 2.24) is 5.27 Å². The summed E-state index contributed by atoms with van der Waals surface area (Å²) in [7, 11) is 0. The maximum absolute atomic E-state index is 12.2. The normalized spacial score (nSPS) is 13.8. The van der Waals surface area contributed by atoms with Crippen LogP contribution >= 0.6 is 23.1 Å². The molecule has 0 saturated heterocycles. The lowest BCUT2D eigenvalue weighted by atomic mass is 9.91. The van der Waals surface area contributed by atoms with Crippen molar-refractivity contribution >= 4 is 34.9 Å². The first kappa shape index (κ1) is 21.4. The van der Waals surface area contributed by atoms with E-state index in [0.717, 1.165) is 35.5 Å². The standard InChI is InChI=1S/C17H19N5O2S2.ClH/c1-10(2)22-8-15(24-21-22)20-14(23)9-25-17-12-6-4-3-5-11(12)13(7-18)16(19)26-17;/h8,10,19H,3-6,9H2,1-2H3;1H. The molecule has 2 aromatic heterocycles. The summed E-state index contributed by atoms with van der Waals surface area (Å²) in [4.78, 5) is 3.96. The van der Waals surface area contributed by atoms with Gasteiger partial charge in [0.05, 0.1) is 4.21 Å². The third kappa shape index (κ3) is 4.89. The number of aliphatic imine (C=N–C) groups is 1. The Labute approximate surface area is 171 Å². The number of thioether (sulfide) groups is 1. The van der Waals surface area contributed by atoms with E-state index < -0.39 is 0 Å². The lowest BCUT2D eigenvalue weighted by molar-refractivity contribution is -0.779. The van der Waals surface area contributed by atoms with Crippen LogP contribution in [0.1, 0.15) is 49.4 Å². The molecule has 0 amide bonds. The van der Waals surface area contributed by atoms with E-state index in [9.17, 15) is 10.4 Å². The van der Waals surface area contributed by atoms with Crippen LogP contribution in [0.15, 0.2) is 19.9 Å². The minimum Gasteiger partial charge on any atom is -1.00 e. The number of nitrogens with two attached hydrogens (primary N) is 1. The molecule has 2 N–H and O–H groups in total. The molecular weight excluding hydrogens is 406 g/mol. The van der Waals surface area contributed by atoms with Gasteiger partial charge in [0.1, 0.15) is 11.6 Å². The molecule has 0 unspecified atom stereocenters. The fourth-order valence-corrected chi connectivity index (χ4v) is 5.05. The zero-order chi connectivity index (χ0) is 18.7. The molecule has 0 aromatic carbocycles. The molecule has 0 spiro atoms. The van der Waals surface area contributed by atoms with E-state index in [1.807, 2.05) is 13.8 Å². The number of nitrogens with zero attached hydrogens (tertiary/aromatic N) is 4. The second-order valence-corrected chi connectivity index (χ2v) is 8.61. The molecule has 0 fully saturated rings. The van der Waals surface area contributed by atoms with Gasteiger partial charge in [0.25, 0.3) is 10.9 Å². The highest BCUT2D eigenvalue weighted by Crippen LogP contribution is 2.33. The molecule has 0 radical (unpaired) electrons. The largest absolute Gasteiger partial charge is 1.00 e. The zero-order valence-corrected chi connectivity index (χ0v) is 17.5. The average Bonchev–Trinajstić information content (AvgIpc) is 3.08. The molecule has 0 atom stereocenters. The van der Waals surface area contributed by atoms with Crippen LogP contribution in [-0.2, 0) is 12.8 Å². The molecule has 27 heavy (non-hydrogen) atoms. The fourth-order valence-electron chi connectivity index (χ4n) is 2.83. The van der Waals surface area contributed by atoms with Gasteiger partial charge in [-0.25, -0.2) is 10.4 Å². The molecule has 1 aliphatic rings. The van der Waals surface area contributed by atoms with Gasteiger partial charge in [0.2, 0.25) is 5.27 Å². The molecule has 0 aliphatic heterocycles. The predicted molar refractivity (Wildman–Crippen MR) is 95.6 cm³/mol. The molecule has 0 bridgehead atoms. The van der Waals surface area contributed by atoms with Gasteiger partial charge in [-0.1, -0.05) is 11.3 Å². The summed E-state index contributed by atoms with van der Waals surface area (Å²) in [6.45, 7) is 3.92. The van der Waals surface area contributed by atoms with Crippen LogP contribution in [0, 0.1) is 11.3 Å². The van der Waals surface area contributed by atoms with Crippen LogP contribution in [0.2, 0.25) is 0 Å². The fraction of sp³-hybridized carbons (Fsp3) is 0.471. The first-order chi connectivity index (χ1) is 12.5. The Bertz CT molecular complexity index is 946. The van der Waals surface area contributed by atoms with Gasteiger partial charge < -0.3 is 17.5 Å². The molecule has 0 saturated carbocycles. The van der Waals surface area contributed by atoms with Gasteiger partial charge in [-0.3, -0.25) is 4.52 Å². The average molecular weight is 426 g/mol. The third-order valence-corrected chi connectivity index (χ3v) is 6.50. The van der Waals surface area contributed by atoms with Crippen molar-refractivity contribution < 1.29 is 32.1 Å². The second-order valence-electron chi connectivity index (χ2n) is 6.31. The summed E-state index contributed by atoms with van der Waals surface area (Å²) in [6.07, 6.45) is 5.56. The van der Waals surface area contributed by atoms with Crippen LogP contribution in [-0.4, -0.2) is 16.9 Å². The smallest absolute Gasteiger partial charge is 0.320 e. The quantitative estimate of drug-likeness (QED) is 0.240. The Morgan fingerprint density at radius 2 is 2.19 bits per heavy atom. The van der Waals surface area contributed by atoms with Crippen molar-refractivity contribution in [3.63, 3.8) is 0 Å². The number of rotatable bonds is 5. The molecule has 2 aromatic rings. The molecule has 3 rings (SSSR count). The van der Waals surface area contributed by atoms with Gasteiger partial charge in [-0.2, -0.15) is 5.26 Å². The summed E-state index contributed by atoms with van der Waals surface area (Å²) in [5, 5.41) is 31.4. The van der Waals surface area contributed by atoms with Crippen molar-refractivity contribution in [2.75, 3.05) is 5.75 Å². The summed E-state index contributed by atoms with van der Waals surface area (Å²) in [5.41, 5.74) is 2.82. The van der Waals surface area contributed by atoms with Crippen LogP contribution in [0.4, 0.5) is 5.88 Å². The lowest BCUT2D eigenvalue weighted by Crippen LogP contribution is -3.00. The molecule has 7 nitrogen and oxygen atoms in total. The predicted octanol–water partition coefficient (Wildman–Crippen LogP) is -2.80. The van der Waals surface area contributed by atoms with E-state index in [1.54, 1.807) is 10.9 Å². The summed E-state index contributed by atoms with van der Waals surface area (Å²) < 4.78 is 8.19. The highest BCUT2D eigenvalue weighted by atomic mass is 35.5. The Morgan fingerprint density at radius 3 is 2.81 bits per heavy atom. The molecule has 1 aliphatic carbocycles. The maximum atomic E-state index is 12.2. The van der Waals surface area contributed by atoms with Gasteiger partial charge in [0.15, 0.2) is 6.04 Å². The number of nitriles is 1. The van der Waals surface area contributed by atoms with E-state index in [4.69, 9.17) is 9.93 Å². The van der Waals surface area contributed by atoms with E-state index in [-0.39, 0.29) is 36.0 Å². The Kier molecular flexibility index (Phi) is 7.41. The van der Waals surface area contributed by atoms with Crippen molar-refractivity contribution in [2.24, 2.45) is 4.99 Å². The number of fused-ring (bicyclic) bond motifs is 1. The SMILES string of the molecule is CC(C)[n+]1cc(/N=C(\[O-])CSc2sc(=[NH2+])c(C#N)c3c2CCCC3)on1.[Cl-]. The lowest BCUT2D eigenvalue weighted by Gasteiger charge is -2.19. The third-order valence-electron chi connectivity index (χ3n) is 4.14. The number of hydrogen-bond donors (Lipinski definition) is 1. The summed E-state index contributed by atoms with van der Waals surface area (Å²) >= 11 is 2.81. The van der Waals surface area contributed by atoms with Crippen molar-refractivity contribution in [3.8, 4) is 6.07 Å². The molecule has 144 valence electrons. The molecular formula is C17H20ClN5O2S2. The van der Waals surface area contributed by atoms with Crippen molar-refractivity contribution in [1.29, 1.82) is 5.26 Å². The van der Waals surface area contributed by atoms with Crippen molar-refractivity contribution in [2.45, 2.75) is 49.8 Å². The number of hydrogen-bond acceptors (Lipinski definition) is 7. The Morgan fingerprint density at radius 1 is 1.48 bits per heavy atom. The number of halogens is 1. The van der Waals surface area contributed by atoms with E-state index in [0.29, 0.717) is 10.2 Å². The van der Waals surface area contributed by atoms with Crippen molar-refractivity contribution in [3.05, 3.63) is 27.6 Å². The first-order valence-electron chi connectivity index (χ1n) is 8.42. The van der Waals surface area contributed by atoms with Gasteiger partial charge in [0, 0.05) is 5.75 Å². The number of aromatic nitrogens is 2. The second kappa shape index (κ2) is 9.35. The Hall–Kier alpha value is -1.89. The monoisotopic (exact) mass is 425 g/mol. The van der Waals surface area contributed by atoms with Crippen LogP contribution in [0.3, 0.4) is 0 Å². The van der Waals surface area contributed by atoms with E-state index >= 15 is 0 Å². The highest BCUT2D eigenvalue weighted by Gasteiger charge is 2.21. The van der Waals surface area contributed by atoms with E-state index in [1.165, 1.54) is 28.7 Å². The maximum Gasteiger partial charge on any atom is 0.320 e. The Balaban J connectivity index is 0.00000261. The van der Waals surface area contributed by atoms with Crippen LogP contribution < -0.4 is 32.3 Å². The zero-order valence-electron chi connectivity index (χ0n) is 15.1.